The normalized spacial score (nSPS) is 23.3. The van der Waals surface area contributed by atoms with Gasteiger partial charge < -0.3 is 10.4 Å². The summed E-state index contributed by atoms with van der Waals surface area (Å²) in [6.07, 6.45) is 3.19. The summed E-state index contributed by atoms with van der Waals surface area (Å²) in [5, 5.41) is 11.4. The molecule has 0 unspecified atom stereocenters. The van der Waals surface area contributed by atoms with Crippen molar-refractivity contribution in [2.45, 2.75) is 12.4 Å². The lowest BCUT2D eigenvalue weighted by atomic mass is 10.2. The van der Waals surface area contributed by atoms with Gasteiger partial charge in [-0.2, -0.15) is 0 Å². The standard InChI is InChI=1S/C7H8ClNO2/c1-4-2-3-5(7(10)11)6(8)9-4/h2-3,6,9H,1H3,(H,10,11)/t6-/m1/s1. The summed E-state index contributed by atoms with van der Waals surface area (Å²) in [4.78, 5) is 10.4. The van der Waals surface area contributed by atoms with E-state index in [2.05, 4.69) is 5.32 Å². The Morgan fingerprint density at radius 2 is 2.36 bits per heavy atom. The van der Waals surface area contributed by atoms with Crippen molar-refractivity contribution in [3.63, 3.8) is 0 Å². The molecule has 1 aliphatic rings. The summed E-state index contributed by atoms with van der Waals surface area (Å²) in [6.45, 7) is 1.82. The lowest BCUT2D eigenvalue weighted by Gasteiger charge is -2.17. The molecule has 1 rings (SSSR count). The maximum Gasteiger partial charge on any atom is 0.334 e. The molecule has 1 aliphatic heterocycles. The minimum atomic E-state index is -0.985. The van der Waals surface area contributed by atoms with E-state index < -0.39 is 11.5 Å². The van der Waals surface area contributed by atoms with Gasteiger partial charge in [-0.25, -0.2) is 4.79 Å². The molecule has 0 amide bonds. The smallest absolute Gasteiger partial charge is 0.334 e. The molecule has 0 fully saturated rings. The summed E-state index contributed by atoms with van der Waals surface area (Å²) < 4.78 is 0. The number of carboxylic acids is 1. The number of carbonyl (C=O) groups is 1. The zero-order chi connectivity index (χ0) is 8.43. The average molecular weight is 174 g/mol. The van der Waals surface area contributed by atoms with Gasteiger partial charge in [0.25, 0.3) is 0 Å². The van der Waals surface area contributed by atoms with Crippen LogP contribution < -0.4 is 5.32 Å². The molecule has 1 atom stereocenters. The van der Waals surface area contributed by atoms with Crippen LogP contribution in [-0.2, 0) is 4.79 Å². The molecule has 0 saturated carbocycles. The van der Waals surface area contributed by atoms with Gasteiger partial charge in [-0.1, -0.05) is 11.6 Å². The fourth-order valence-corrected chi connectivity index (χ4v) is 1.14. The Labute approximate surface area is 69.4 Å². The van der Waals surface area contributed by atoms with Crippen molar-refractivity contribution in [1.29, 1.82) is 0 Å². The molecule has 2 N–H and O–H groups in total. The summed E-state index contributed by atoms with van der Waals surface area (Å²) in [5.41, 5.74) is 0.435. The third-order valence-corrected chi connectivity index (χ3v) is 1.73. The van der Waals surface area contributed by atoms with E-state index in [0.29, 0.717) is 0 Å². The van der Waals surface area contributed by atoms with E-state index in [1.165, 1.54) is 6.08 Å². The van der Waals surface area contributed by atoms with Gasteiger partial charge in [0.1, 0.15) is 5.50 Å². The first-order valence-electron chi connectivity index (χ1n) is 3.13. The Balaban J connectivity index is 2.87. The number of alkyl halides is 1. The molecular weight excluding hydrogens is 166 g/mol. The maximum atomic E-state index is 10.4. The molecule has 4 heteroatoms. The monoisotopic (exact) mass is 173 g/mol. The molecule has 0 aromatic carbocycles. The van der Waals surface area contributed by atoms with Crippen molar-refractivity contribution in [3.8, 4) is 0 Å². The van der Waals surface area contributed by atoms with Crippen LogP contribution in [0.1, 0.15) is 6.92 Å². The molecule has 60 valence electrons. The van der Waals surface area contributed by atoms with Crippen LogP contribution in [0.3, 0.4) is 0 Å². The van der Waals surface area contributed by atoms with Crippen molar-refractivity contribution < 1.29 is 9.90 Å². The van der Waals surface area contributed by atoms with E-state index in [0.717, 1.165) is 5.70 Å². The Morgan fingerprint density at radius 3 is 2.82 bits per heavy atom. The molecule has 0 aromatic heterocycles. The second-order valence-electron chi connectivity index (χ2n) is 2.28. The number of dihydropyridines is 1. The number of carboxylic acid groups (broad SMARTS) is 1. The van der Waals surface area contributed by atoms with Gasteiger partial charge >= 0.3 is 5.97 Å². The molecule has 0 saturated heterocycles. The lowest BCUT2D eigenvalue weighted by molar-refractivity contribution is -0.132. The maximum absolute atomic E-state index is 10.4. The largest absolute Gasteiger partial charge is 0.478 e. The molecule has 0 bridgehead atoms. The summed E-state index contributed by atoms with van der Waals surface area (Å²) >= 11 is 5.67. The Morgan fingerprint density at radius 1 is 1.73 bits per heavy atom. The number of rotatable bonds is 1. The minimum absolute atomic E-state index is 0.178. The van der Waals surface area contributed by atoms with Crippen LogP contribution in [0, 0.1) is 0 Å². The van der Waals surface area contributed by atoms with Crippen LogP contribution in [0.5, 0.6) is 0 Å². The quantitative estimate of drug-likeness (QED) is 0.461. The van der Waals surface area contributed by atoms with E-state index in [1.807, 2.05) is 6.92 Å². The number of hydrogen-bond acceptors (Lipinski definition) is 2. The van der Waals surface area contributed by atoms with E-state index in [1.54, 1.807) is 6.08 Å². The third kappa shape index (κ3) is 1.74. The summed E-state index contributed by atoms with van der Waals surface area (Å²) in [6, 6.07) is 0. The predicted octanol–water partition coefficient (Wildman–Crippen LogP) is 1.07. The topological polar surface area (TPSA) is 49.3 Å². The molecule has 3 nitrogen and oxygen atoms in total. The van der Waals surface area contributed by atoms with Gasteiger partial charge in [0.05, 0.1) is 5.57 Å². The van der Waals surface area contributed by atoms with Gasteiger partial charge in [-0.05, 0) is 19.1 Å². The first-order chi connectivity index (χ1) is 5.11. The number of nitrogens with one attached hydrogen (secondary N) is 1. The van der Waals surface area contributed by atoms with Crippen LogP contribution >= 0.6 is 11.6 Å². The van der Waals surface area contributed by atoms with Gasteiger partial charge in [0.2, 0.25) is 0 Å². The van der Waals surface area contributed by atoms with Gasteiger partial charge in [-0.15, -0.1) is 0 Å². The number of aliphatic carboxylic acids is 1. The molecule has 0 aromatic rings. The fraction of sp³-hybridized carbons (Fsp3) is 0.286. The predicted molar refractivity (Wildman–Crippen MR) is 42.3 cm³/mol. The van der Waals surface area contributed by atoms with E-state index in [9.17, 15) is 4.79 Å². The molecule has 1 heterocycles. The Bertz CT molecular complexity index is 245. The number of hydrogen-bond donors (Lipinski definition) is 2. The Hall–Kier alpha value is -0.960. The first-order valence-corrected chi connectivity index (χ1v) is 3.57. The fourth-order valence-electron chi connectivity index (χ4n) is 0.805. The Kier molecular flexibility index (Phi) is 2.19. The summed E-state index contributed by atoms with van der Waals surface area (Å²) in [5.74, 6) is -0.985. The van der Waals surface area contributed by atoms with E-state index in [4.69, 9.17) is 16.7 Å². The summed E-state index contributed by atoms with van der Waals surface area (Å²) in [7, 11) is 0. The zero-order valence-corrected chi connectivity index (χ0v) is 6.72. The highest BCUT2D eigenvalue weighted by atomic mass is 35.5. The van der Waals surface area contributed by atoms with Gasteiger partial charge in [-0.3, -0.25) is 0 Å². The van der Waals surface area contributed by atoms with E-state index >= 15 is 0 Å². The van der Waals surface area contributed by atoms with Crippen LogP contribution in [0.2, 0.25) is 0 Å². The molecule has 11 heavy (non-hydrogen) atoms. The SMILES string of the molecule is CC1=CC=C(C(=O)O)[C@H](Cl)N1. The van der Waals surface area contributed by atoms with Crippen LogP contribution in [0.4, 0.5) is 0 Å². The first kappa shape index (κ1) is 8.14. The van der Waals surface area contributed by atoms with Crippen molar-refractivity contribution in [2.24, 2.45) is 0 Å². The van der Waals surface area contributed by atoms with Crippen molar-refractivity contribution >= 4 is 17.6 Å². The highest BCUT2D eigenvalue weighted by Gasteiger charge is 2.19. The molecular formula is C7H8ClNO2. The molecule has 0 aliphatic carbocycles. The van der Waals surface area contributed by atoms with E-state index in [-0.39, 0.29) is 5.57 Å². The highest BCUT2D eigenvalue weighted by Crippen LogP contribution is 2.14. The van der Waals surface area contributed by atoms with Crippen LogP contribution in [0.15, 0.2) is 23.4 Å². The van der Waals surface area contributed by atoms with Gasteiger partial charge in [0, 0.05) is 5.70 Å². The highest BCUT2D eigenvalue weighted by molar-refractivity contribution is 6.25. The van der Waals surface area contributed by atoms with Crippen molar-refractivity contribution in [3.05, 3.63) is 23.4 Å². The van der Waals surface area contributed by atoms with Crippen LogP contribution in [0.25, 0.3) is 0 Å². The third-order valence-electron chi connectivity index (χ3n) is 1.39. The second-order valence-corrected chi connectivity index (χ2v) is 2.72. The second kappa shape index (κ2) is 2.96. The molecule has 0 radical (unpaired) electrons. The number of halogens is 1. The number of allylic oxidation sites excluding steroid dienone is 3. The van der Waals surface area contributed by atoms with Crippen molar-refractivity contribution in [2.75, 3.05) is 0 Å². The zero-order valence-electron chi connectivity index (χ0n) is 5.97. The minimum Gasteiger partial charge on any atom is -0.478 e. The average Bonchev–Trinajstić information content (AvgIpc) is 1.85. The van der Waals surface area contributed by atoms with Gasteiger partial charge in [0.15, 0.2) is 0 Å². The van der Waals surface area contributed by atoms with Crippen LogP contribution in [-0.4, -0.2) is 16.6 Å². The van der Waals surface area contributed by atoms with Crippen molar-refractivity contribution in [1.82, 2.24) is 5.32 Å². The molecule has 0 spiro atoms. The lowest BCUT2D eigenvalue weighted by Crippen LogP contribution is -2.29.